The van der Waals surface area contributed by atoms with Gasteiger partial charge in [0.25, 0.3) is 0 Å². The van der Waals surface area contributed by atoms with Crippen LogP contribution in [0.5, 0.6) is 0 Å². The molecule has 0 saturated heterocycles. The quantitative estimate of drug-likeness (QED) is 0.892. The predicted molar refractivity (Wildman–Crippen MR) is 76.7 cm³/mol. The molecule has 0 atom stereocenters. The van der Waals surface area contributed by atoms with Gasteiger partial charge in [0.1, 0.15) is 6.54 Å². The number of hydrogen-bond donors (Lipinski definition) is 2. The van der Waals surface area contributed by atoms with E-state index in [1.807, 2.05) is 6.07 Å². The van der Waals surface area contributed by atoms with E-state index in [2.05, 4.69) is 0 Å². The summed E-state index contributed by atoms with van der Waals surface area (Å²) in [6.45, 7) is 0.487. The Morgan fingerprint density at radius 3 is 2.71 bits per heavy atom. The minimum absolute atomic E-state index is 0.154. The zero-order chi connectivity index (χ0) is 15.1. The minimum Gasteiger partial charge on any atom is -0.480 e. The zero-order valence-corrected chi connectivity index (χ0v) is 11.8. The number of hydrogen-bond acceptors (Lipinski definition) is 2. The maximum atomic E-state index is 11.1. The van der Waals surface area contributed by atoms with E-state index >= 15 is 0 Å². The normalized spacial score (nSPS) is 14.2. The highest BCUT2D eigenvalue weighted by molar-refractivity contribution is 6.31. The maximum absolute atomic E-state index is 11.1. The van der Waals surface area contributed by atoms with Gasteiger partial charge >= 0.3 is 12.1 Å². The third-order valence-corrected chi connectivity index (χ3v) is 4.02. The second-order valence-electron chi connectivity index (χ2n) is 5.02. The number of carboxylic acids is 1. The van der Waals surface area contributed by atoms with E-state index in [1.165, 1.54) is 4.90 Å². The molecule has 7 heteroatoms. The summed E-state index contributed by atoms with van der Waals surface area (Å²) in [6, 6.07) is 5.28. The first-order valence-corrected chi connectivity index (χ1v) is 6.84. The first-order chi connectivity index (χ1) is 9.97. The Morgan fingerprint density at radius 1 is 1.29 bits per heavy atom. The molecule has 21 heavy (non-hydrogen) atoms. The molecular weight excluding hydrogens is 296 g/mol. The lowest BCUT2D eigenvalue weighted by Gasteiger charge is -2.25. The third-order valence-electron chi connectivity index (χ3n) is 3.78. The van der Waals surface area contributed by atoms with Crippen molar-refractivity contribution >= 4 is 34.6 Å². The number of benzene rings is 1. The van der Waals surface area contributed by atoms with Gasteiger partial charge in [-0.25, -0.2) is 4.79 Å². The molecule has 0 unspecified atom stereocenters. The van der Waals surface area contributed by atoms with Crippen LogP contribution >= 0.6 is 11.6 Å². The van der Waals surface area contributed by atoms with E-state index in [0.717, 1.165) is 22.2 Å². The van der Waals surface area contributed by atoms with Crippen molar-refractivity contribution in [3.05, 3.63) is 34.5 Å². The Hall–Kier alpha value is -2.21. The summed E-state index contributed by atoms with van der Waals surface area (Å²) in [5, 5.41) is 19.6. The van der Waals surface area contributed by atoms with Crippen LogP contribution in [0.4, 0.5) is 4.79 Å². The number of nitrogens with zero attached hydrogens (tertiary/aromatic N) is 2. The standard InChI is InChI=1S/C14H13ClN2O4/c15-8-1-2-9-10-6-16(14(20)21)4-3-11(10)17(7-13(18)19)12(9)5-8/h1-2,5H,3-4,6-7H2,(H,18,19)(H,20,21). The molecule has 0 bridgehead atoms. The van der Waals surface area contributed by atoms with Crippen LogP contribution in [0.3, 0.4) is 0 Å². The number of aromatic nitrogens is 1. The van der Waals surface area contributed by atoms with E-state index in [4.69, 9.17) is 21.8 Å². The molecule has 6 nitrogen and oxygen atoms in total. The lowest BCUT2D eigenvalue weighted by Crippen LogP contribution is -2.35. The molecule has 2 aromatic rings. The van der Waals surface area contributed by atoms with Crippen LogP contribution < -0.4 is 0 Å². The van der Waals surface area contributed by atoms with Crippen LogP contribution in [0, 0.1) is 0 Å². The monoisotopic (exact) mass is 308 g/mol. The molecule has 110 valence electrons. The molecule has 0 aliphatic carbocycles. The summed E-state index contributed by atoms with van der Waals surface area (Å²) >= 11 is 6.00. The summed E-state index contributed by atoms with van der Waals surface area (Å²) in [7, 11) is 0. The van der Waals surface area contributed by atoms with Crippen LogP contribution in [0.15, 0.2) is 18.2 Å². The number of carbonyl (C=O) groups is 2. The summed E-state index contributed by atoms with van der Waals surface area (Å²) in [5.41, 5.74) is 2.49. The number of amides is 1. The number of halogens is 1. The fourth-order valence-electron chi connectivity index (χ4n) is 2.90. The molecule has 0 radical (unpaired) electrons. The highest BCUT2D eigenvalue weighted by atomic mass is 35.5. The maximum Gasteiger partial charge on any atom is 0.407 e. The first kappa shape index (κ1) is 13.8. The van der Waals surface area contributed by atoms with Gasteiger partial charge < -0.3 is 19.7 Å². The van der Waals surface area contributed by atoms with Crippen LogP contribution in [-0.2, 0) is 24.3 Å². The van der Waals surface area contributed by atoms with Crippen LogP contribution in [-0.4, -0.2) is 38.3 Å². The molecular formula is C14H13ClN2O4. The Kier molecular flexibility index (Phi) is 3.25. The average Bonchev–Trinajstić information content (AvgIpc) is 2.71. The smallest absolute Gasteiger partial charge is 0.407 e. The fraction of sp³-hybridized carbons (Fsp3) is 0.286. The van der Waals surface area contributed by atoms with Crippen molar-refractivity contribution in [2.24, 2.45) is 0 Å². The van der Waals surface area contributed by atoms with Gasteiger partial charge in [0.15, 0.2) is 0 Å². The summed E-state index contributed by atoms with van der Waals surface area (Å²) in [5.74, 6) is -0.935. The number of carboxylic acid groups (broad SMARTS) is 2. The Labute approximate surface area is 125 Å². The molecule has 2 heterocycles. The molecule has 3 rings (SSSR count). The third kappa shape index (κ3) is 2.31. The number of rotatable bonds is 2. The topological polar surface area (TPSA) is 82.8 Å². The SMILES string of the molecule is O=C(O)Cn1c2c(c3ccc(Cl)cc31)CN(C(=O)O)CC2. The van der Waals surface area contributed by atoms with Gasteiger partial charge in [-0.1, -0.05) is 17.7 Å². The Morgan fingerprint density at radius 2 is 2.05 bits per heavy atom. The molecule has 1 amide bonds. The minimum atomic E-state index is -0.964. The van der Waals surface area contributed by atoms with Gasteiger partial charge in [0.2, 0.25) is 0 Å². The highest BCUT2D eigenvalue weighted by Crippen LogP contribution is 2.32. The fourth-order valence-corrected chi connectivity index (χ4v) is 3.07. The van der Waals surface area contributed by atoms with E-state index in [1.54, 1.807) is 16.7 Å². The molecule has 1 aromatic heterocycles. The number of aliphatic carboxylic acids is 1. The summed E-state index contributed by atoms with van der Waals surface area (Å²) in [6.07, 6.45) is -0.463. The molecule has 0 spiro atoms. The average molecular weight is 309 g/mol. The van der Waals surface area contributed by atoms with Gasteiger partial charge in [-0.15, -0.1) is 0 Å². The molecule has 1 aliphatic rings. The number of fused-ring (bicyclic) bond motifs is 3. The van der Waals surface area contributed by atoms with Crippen molar-refractivity contribution < 1.29 is 19.8 Å². The van der Waals surface area contributed by atoms with Gasteiger partial charge in [-0.2, -0.15) is 0 Å². The molecule has 0 saturated carbocycles. The second-order valence-corrected chi connectivity index (χ2v) is 5.46. The Balaban J connectivity index is 2.20. The lowest BCUT2D eigenvalue weighted by molar-refractivity contribution is -0.137. The van der Waals surface area contributed by atoms with Crippen molar-refractivity contribution in [1.29, 1.82) is 0 Å². The zero-order valence-electron chi connectivity index (χ0n) is 11.0. The van der Waals surface area contributed by atoms with E-state index in [-0.39, 0.29) is 13.1 Å². The van der Waals surface area contributed by atoms with Gasteiger partial charge in [-0.3, -0.25) is 4.79 Å². The predicted octanol–water partition coefficient (Wildman–Crippen LogP) is 2.42. The molecule has 1 aromatic carbocycles. The molecule has 0 fully saturated rings. The second kappa shape index (κ2) is 4.96. The van der Waals surface area contributed by atoms with Crippen molar-refractivity contribution in [2.75, 3.05) is 6.54 Å². The van der Waals surface area contributed by atoms with Crippen molar-refractivity contribution in [1.82, 2.24) is 9.47 Å². The summed E-state index contributed by atoms with van der Waals surface area (Å²) in [4.78, 5) is 23.6. The molecule has 1 aliphatic heterocycles. The largest absolute Gasteiger partial charge is 0.480 e. The van der Waals surface area contributed by atoms with Crippen LogP contribution in [0.1, 0.15) is 11.3 Å². The van der Waals surface area contributed by atoms with Crippen LogP contribution in [0.25, 0.3) is 10.9 Å². The van der Waals surface area contributed by atoms with E-state index < -0.39 is 12.1 Å². The van der Waals surface area contributed by atoms with Crippen molar-refractivity contribution in [2.45, 2.75) is 19.5 Å². The van der Waals surface area contributed by atoms with Gasteiger partial charge in [-0.05, 0) is 12.1 Å². The van der Waals surface area contributed by atoms with E-state index in [0.29, 0.717) is 18.0 Å². The van der Waals surface area contributed by atoms with Crippen LogP contribution in [0.2, 0.25) is 5.02 Å². The summed E-state index contributed by atoms with van der Waals surface area (Å²) < 4.78 is 1.72. The highest BCUT2D eigenvalue weighted by Gasteiger charge is 2.26. The Bertz CT molecular complexity index is 753. The van der Waals surface area contributed by atoms with Crippen molar-refractivity contribution in [3.8, 4) is 0 Å². The van der Waals surface area contributed by atoms with Crippen molar-refractivity contribution in [3.63, 3.8) is 0 Å². The van der Waals surface area contributed by atoms with Gasteiger partial charge in [0.05, 0.1) is 12.1 Å². The van der Waals surface area contributed by atoms with E-state index in [9.17, 15) is 9.59 Å². The first-order valence-electron chi connectivity index (χ1n) is 6.46. The van der Waals surface area contributed by atoms with Gasteiger partial charge in [0, 0.05) is 34.6 Å². The lowest BCUT2D eigenvalue weighted by atomic mass is 10.0. The molecule has 2 N–H and O–H groups in total.